The maximum Gasteiger partial charge on any atom is 0.325 e. The van der Waals surface area contributed by atoms with Gasteiger partial charge in [0, 0.05) is 18.3 Å². The zero-order valence-electron chi connectivity index (χ0n) is 11.5. The third kappa shape index (κ3) is 3.03. The van der Waals surface area contributed by atoms with Gasteiger partial charge in [0.25, 0.3) is 5.91 Å². The molecule has 7 nitrogen and oxygen atoms in total. The number of pyridine rings is 1. The minimum atomic E-state index is -1.24. The molecule has 118 valence electrons. The number of alkyl halides is 1. The third-order valence-electron chi connectivity index (χ3n) is 2.95. The average Bonchev–Trinajstić information content (AvgIpc) is 2.91. The molecule has 1 amide bonds. The number of ether oxygens (including phenoxy) is 1. The van der Waals surface area contributed by atoms with Gasteiger partial charge in [-0.3, -0.25) is 9.78 Å². The SMILES string of the molecule is O=C(CF)Nc1ccc(Oc2ccnc3[nH]c(=O)[nH]c23)cc1F. The molecule has 0 aliphatic carbocycles. The van der Waals surface area contributed by atoms with Crippen LogP contribution in [0.4, 0.5) is 14.5 Å². The molecule has 1 aromatic carbocycles. The number of fused-ring (bicyclic) bond motifs is 1. The zero-order valence-corrected chi connectivity index (χ0v) is 11.5. The number of aromatic amines is 2. The molecule has 0 fully saturated rings. The maximum absolute atomic E-state index is 13.9. The number of hydrogen-bond acceptors (Lipinski definition) is 4. The monoisotopic (exact) mass is 320 g/mol. The first-order valence-electron chi connectivity index (χ1n) is 6.47. The molecule has 0 unspecified atom stereocenters. The number of benzene rings is 1. The summed E-state index contributed by atoms with van der Waals surface area (Å²) in [5.41, 5.74) is 0.0430. The summed E-state index contributed by atoms with van der Waals surface area (Å²) >= 11 is 0. The van der Waals surface area contributed by atoms with E-state index in [4.69, 9.17) is 4.74 Å². The van der Waals surface area contributed by atoms with Crippen LogP contribution in [0.3, 0.4) is 0 Å². The fourth-order valence-electron chi connectivity index (χ4n) is 1.97. The predicted octanol–water partition coefficient (Wildman–Crippen LogP) is 2.09. The van der Waals surface area contributed by atoms with E-state index in [0.717, 1.165) is 6.07 Å². The Hall–Kier alpha value is -3.23. The highest BCUT2D eigenvalue weighted by Gasteiger charge is 2.11. The number of rotatable bonds is 4. The number of carbonyl (C=O) groups is 1. The van der Waals surface area contributed by atoms with Crippen LogP contribution in [0.2, 0.25) is 0 Å². The Labute approximate surface area is 127 Å². The van der Waals surface area contributed by atoms with Gasteiger partial charge in [0.15, 0.2) is 18.1 Å². The van der Waals surface area contributed by atoms with E-state index in [1.54, 1.807) is 0 Å². The summed E-state index contributed by atoms with van der Waals surface area (Å²) in [6, 6.07) is 5.18. The Kier molecular flexibility index (Phi) is 3.75. The van der Waals surface area contributed by atoms with Gasteiger partial charge in [-0.05, 0) is 12.1 Å². The number of H-pyrrole nitrogens is 2. The van der Waals surface area contributed by atoms with E-state index in [1.807, 2.05) is 0 Å². The second-order valence-corrected chi connectivity index (χ2v) is 4.54. The molecule has 0 spiro atoms. The molecule has 2 heterocycles. The molecule has 0 radical (unpaired) electrons. The third-order valence-corrected chi connectivity index (χ3v) is 2.95. The van der Waals surface area contributed by atoms with Crippen LogP contribution in [0.15, 0.2) is 35.3 Å². The lowest BCUT2D eigenvalue weighted by Gasteiger charge is -2.09. The molecule has 3 aromatic rings. The zero-order chi connectivity index (χ0) is 16.4. The fourth-order valence-corrected chi connectivity index (χ4v) is 1.97. The van der Waals surface area contributed by atoms with Crippen molar-refractivity contribution in [2.45, 2.75) is 0 Å². The van der Waals surface area contributed by atoms with Crippen LogP contribution in [0.5, 0.6) is 11.5 Å². The lowest BCUT2D eigenvalue weighted by atomic mass is 10.3. The molecule has 3 N–H and O–H groups in total. The average molecular weight is 320 g/mol. The topological polar surface area (TPSA) is 99.9 Å². The van der Waals surface area contributed by atoms with E-state index in [2.05, 4.69) is 20.3 Å². The number of nitrogens with zero attached hydrogens (tertiary/aromatic N) is 1. The predicted molar refractivity (Wildman–Crippen MR) is 77.8 cm³/mol. The van der Waals surface area contributed by atoms with Gasteiger partial charge in [-0.25, -0.2) is 18.6 Å². The summed E-state index contributed by atoms with van der Waals surface area (Å²) in [6.07, 6.45) is 1.42. The molecular weight excluding hydrogens is 310 g/mol. The van der Waals surface area contributed by atoms with Gasteiger partial charge in [0.05, 0.1) is 5.69 Å². The standard InChI is InChI=1S/C14H10F2N4O3/c15-6-11(21)18-9-2-1-7(5-8(9)16)23-10-3-4-17-13-12(10)19-14(22)20-13/h1-5H,6H2,(H,18,21)(H2,17,19,20,22). The van der Waals surface area contributed by atoms with Gasteiger partial charge in [-0.2, -0.15) is 0 Å². The van der Waals surface area contributed by atoms with Gasteiger partial charge in [0.1, 0.15) is 17.1 Å². The van der Waals surface area contributed by atoms with Crippen molar-refractivity contribution in [1.82, 2.24) is 15.0 Å². The van der Waals surface area contributed by atoms with Gasteiger partial charge < -0.3 is 15.0 Å². The van der Waals surface area contributed by atoms with Crippen LogP contribution in [0.25, 0.3) is 11.2 Å². The molecule has 0 saturated carbocycles. The number of nitrogens with one attached hydrogen (secondary N) is 3. The summed E-state index contributed by atoms with van der Waals surface area (Å²) in [6.45, 7) is -1.24. The molecular formula is C14H10F2N4O3. The molecule has 0 aliphatic heterocycles. The van der Waals surface area contributed by atoms with Gasteiger partial charge in [0.2, 0.25) is 0 Å². The Morgan fingerprint density at radius 2 is 2.13 bits per heavy atom. The number of halogens is 2. The first kappa shape index (κ1) is 14.7. The van der Waals surface area contributed by atoms with E-state index in [1.165, 1.54) is 24.4 Å². The van der Waals surface area contributed by atoms with Crippen molar-refractivity contribution in [3.63, 3.8) is 0 Å². The van der Waals surface area contributed by atoms with Crippen LogP contribution in [-0.2, 0) is 4.79 Å². The number of carbonyl (C=O) groups excluding carboxylic acids is 1. The molecule has 23 heavy (non-hydrogen) atoms. The molecule has 0 aliphatic rings. The van der Waals surface area contributed by atoms with Crippen LogP contribution in [0.1, 0.15) is 0 Å². The lowest BCUT2D eigenvalue weighted by molar-refractivity contribution is -0.117. The van der Waals surface area contributed by atoms with E-state index in [-0.39, 0.29) is 17.2 Å². The van der Waals surface area contributed by atoms with Gasteiger partial charge >= 0.3 is 5.69 Å². The molecule has 0 bridgehead atoms. The number of anilines is 1. The van der Waals surface area contributed by atoms with E-state index >= 15 is 0 Å². The summed E-state index contributed by atoms with van der Waals surface area (Å²) in [5.74, 6) is -1.32. The fraction of sp³-hybridized carbons (Fsp3) is 0.0714. The summed E-state index contributed by atoms with van der Waals surface area (Å²) in [5, 5.41) is 2.08. The lowest BCUT2D eigenvalue weighted by Crippen LogP contribution is -2.14. The molecule has 0 saturated heterocycles. The van der Waals surface area contributed by atoms with Crippen LogP contribution in [-0.4, -0.2) is 27.5 Å². The van der Waals surface area contributed by atoms with Gasteiger partial charge in [-0.15, -0.1) is 0 Å². The molecule has 0 atom stereocenters. The van der Waals surface area contributed by atoms with Crippen LogP contribution in [0, 0.1) is 5.82 Å². The van der Waals surface area contributed by atoms with Crippen molar-refractivity contribution < 1.29 is 18.3 Å². The highest BCUT2D eigenvalue weighted by molar-refractivity contribution is 5.91. The highest BCUT2D eigenvalue weighted by atomic mass is 19.1. The number of imidazole rings is 1. The second-order valence-electron chi connectivity index (χ2n) is 4.54. The quantitative estimate of drug-likeness (QED) is 0.685. The van der Waals surface area contributed by atoms with E-state index in [9.17, 15) is 18.4 Å². The minimum absolute atomic E-state index is 0.135. The smallest absolute Gasteiger partial charge is 0.325 e. The molecule has 2 aromatic heterocycles. The Morgan fingerprint density at radius 3 is 2.87 bits per heavy atom. The van der Waals surface area contributed by atoms with Crippen molar-refractivity contribution in [1.29, 1.82) is 0 Å². The Balaban J connectivity index is 1.89. The van der Waals surface area contributed by atoms with E-state index in [0.29, 0.717) is 11.2 Å². The minimum Gasteiger partial charge on any atom is -0.455 e. The summed E-state index contributed by atoms with van der Waals surface area (Å²) in [4.78, 5) is 31.2. The molecule has 3 rings (SSSR count). The van der Waals surface area contributed by atoms with E-state index < -0.39 is 24.1 Å². The molecule has 9 heteroatoms. The number of amides is 1. The summed E-state index contributed by atoms with van der Waals surface area (Å²) < 4.78 is 31.5. The first-order chi connectivity index (χ1) is 11.1. The summed E-state index contributed by atoms with van der Waals surface area (Å²) in [7, 11) is 0. The van der Waals surface area contributed by atoms with Crippen molar-refractivity contribution in [2.24, 2.45) is 0 Å². The number of hydrogen-bond donors (Lipinski definition) is 3. The number of aromatic nitrogens is 3. The second kappa shape index (κ2) is 5.87. The van der Waals surface area contributed by atoms with Gasteiger partial charge in [-0.1, -0.05) is 0 Å². The van der Waals surface area contributed by atoms with Crippen LogP contribution < -0.4 is 15.7 Å². The normalized spacial score (nSPS) is 10.7. The van der Waals surface area contributed by atoms with Crippen molar-refractivity contribution in [3.05, 3.63) is 46.8 Å². The Bertz CT molecular complexity index is 935. The van der Waals surface area contributed by atoms with Crippen LogP contribution >= 0.6 is 0 Å². The largest absolute Gasteiger partial charge is 0.455 e. The maximum atomic E-state index is 13.9. The van der Waals surface area contributed by atoms with Crippen molar-refractivity contribution in [3.8, 4) is 11.5 Å². The van der Waals surface area contributed by atoms with Crippen molar-refractivity contribution >= 4 is 22.8 Å². The highest BCUT2D eigenvalue weighted by Crippen LogP contribution is 2.28. The first-order valence-corrected chi connectivity index (χ1v) is 6.47. The van der Waals surface area contributed by atoms with Crippen molar-refractivity contribution in [2.75, 3.05) is 12.0 Å². The Morgan fingerprint density at radius 1 is 1.30 bits per heavy atom.